The van der Waals surface area contributed by atoms with E-state index in [0.717, 1.165) is 25.9 Å². The second-order valence-corrected chi connectivity index (χ2v) is 8.04. The Morgan fingerprint density at radius 1 is 1.29 bits per heavy atom. The quantitative estimate of drug-likeness (QED) is 0.640. The van der Waals surface area contributed by atoms with E-state index in [1.807, 2.05) is 18.4 Å². The molecule has 0 aliphatic carbocycles. The summed E-state index contributed by atoms with van der Waals surface area (Å²) in [5.74, 6) is -0.412. The van der Waals surface area contributed by atoms with Gasteiger partial charge in [0.25, 0.3) is 0 Å². The summed E-state index contributed by atoms with van der Waals surface area (Å²) in [5.41, 5.74) is 11.9. The van der Waals surface area contributed by atoms with Gasteiger partial charge in [-0.3, -0.25) is 4.57 Å². The first-order chi connectivity index (χ1) is 13.4. The Hall–Kier alpha value is -1.85. The maximum atomic E-state index is 6.40. The average Bonchev–Trinajstić information content (AvgIpc) is 3.27. The van der Waals surface area contributed by atoms with Crippen LogP contribution in [-0.4, -0.2) is 75.7 Å². The highest BCUT2D eigenvalue weighted by Gasteiger charge is 2.63. The van der Waals surface area contributed by atoms with Gasteiger partial charge in [0.15, 0.2) is 17.3 Å². The fourth-order valence-corrected chi connectivity index (χ4v) is 4.16. The number of nitrogens with two attached hydrogens (primary N) is 2. The van der Waals surface area contributed by atoms with E-state index in [2.05, 4.69) is 26.9 Å². The smallest absolute Gasteiger partial charge is 0.203 e. The van der Waals surface area contributed by atoms with Crippen molar-refractivity contribution in [3.05, 3.63) is 12.7 Å². The highest BCUT2D eigenvalue weighted by atomic mass is 16.8. The molecule has 0 saturated carbocycles. The number of fused-ring (bicyclic) bond motifs is 2. The fourth-order valence-electron chi connectivity index (χ4n) is 4.16. The maximum Gasteiger partial charge on any atom is 0.203 e. The molecule has 10 nitrogen and oxygen atoms in total. The van der Waals surface area contributed by atoms with Crippen LogP contribution in [0.4, 0.5) is 5.82 Å². The van der Waals surface area contributed by atoms with Crippen LogP contribution in [0, 0.1) is 0 Å². The molecule has 3 unspecified atom stereocenters. The standard InChI is InChI=1S/C18H29N7O3/c1-17(2)27-14-12(8-24(3)7-5-4-6-19)26-9-18(14,28-17)25-11-23-13-15(20)21-10-22-16(13)25/h10-12,14H,4-9,19H2,1-3H3,(H2,20,21,22). The molecule has 0 radical (unpaired) electrons. The highest BCUT2D eigenvalue weighted by molar-refractivity contribution is 5.81. The minimum atomic E-state index is -0.845. The first kappa shape index (κ1) is 19.5. The number of nitrogen functional groups attached to an aromatic ring is 1. The van der Waals surface area contributed by atoms with Gasteiger partial charge in [-0.2, -0.15) is 0 Å². The lowest BCUT2D eigenvalue weighted by atomic mass is 10.0. The molecule has 2 aliphatic heterocycles. The average molecular weight is 391 g/mol. The second kappa shape index (κ2) is 7.20. The van der Waals surface area contributed by atoms with E-state index in [1.54, 1.807) is 6.33 Å². The molecule has 0 amide bonds. The van der Waals surface area contributed by atoms with E-state index >= 15 is 0 Å². The first-order valence-corrected chi connectivity index (χ1v) is 9.68. The van der Waals surface area contributed by atoms with Crippen LogP contribution in [0.3, 0.4) is 0 Å². The first-order valence-electron chi connectivity index (χ1n) is 9.68. The summed E-state index contributed by atoms with van der Waals surface area (Å²) in [6.07, 6.45) is 4.75. The molecular weight excluding hydrogens is 362 g/mol. The topological polar surface area (TPSA) is 127 Å². The third-order valence-electron chi connectivity index (χ3n) is 5.37. The van der Waals surface area contributed by atoms with Gasteiger partial charge in [0.1, 0.15) is 24.1 Å². The zero-order chi connectivity index (χ0) is 19.9. The Kier molecular flexibility index (Phi) is 5.00. The zero-order valence-electron chi connectivity index (χ0n) is 16.7. The van der Waals surface area contributed by atoms with Gasteiger partial charge in [0.05, 0.1) is 12.9 Å². The maximum absolute atomic E-state index is 6.40. The molecule has 2 saturated heterocycles. The van der Waals surface area contributed by atoms with Crippen LogP contribution in [0.1, 0.15) is 26.7 Å². The van der Waals surface area contributed by atoms with Gasteiger partial charge in [0, 0.05) is 6.54 Å². The molecule has 0 spiro atoms. The third-order valence-corrected chi connectivity index (χ3v) is 5.37. The number of anilines is 1. The van der Waals surface area contributed by atoms with E-state index < -0.39 is 11.5 Å². The Morgan fingerprint density at radius 3 is 2.89 bits per heavy atom. The monoisotopic (exact) mass is 391 g/mol. The minimum Gasteiger partial charge on any atom is -0.382 e. The van der Waals surface area contributed by atoms with Crippen LogP contribution in [0.25, 0.3) is 11.2 Å². The molecule has 3 atom stereocenters. The minimum absolute atomic E-state index is 0.138. The lowest BCUT2D eigenvalue weighted by molar-refractivity contribution is -0.205. The number of hydrogen-bond acceptors (Lipinski definition) is 9. The summed E-state index contributed by atoms with van der Waals surface area (Å²) in [6.45, 7) is 6.58. The van der Waals surface area contributed by atoms with Gasteiger partial charge >= 0.3 is 0 Å². The van der Waals surface area contributed by atoms with Gasteiger partial charge in [-0.1, -0.05) is 0 Å². The van der Waals surface area contributed by atoms with E-state index in [1.165, 1.54) is 6.33 Å². The molecule has 2 aliphatic rings. The Balaban J connectivity index is 1.62. The second-order valence-electron chi connectivity index (χ2n) is 8.04. The van der Waals surface area contributed by atoms with Crippen LogP contribution >= 0.6 is 0 Å². The predicted octanol–water partition coefficient (Wildman–Crippen LogP) is 0.282. The van der Waals surface area contributed by atoms with Crippen molar-refractivity contribution >= 4 is 17.0 Å². The number of hydrogen-bond donors (Lipinski definition) is 2. The number of imidazole rings is 1. The van der Waals surface area contributed by atoms with Crippen LogP contribution in [0.15, 0.2) is 12.7 Å². The van der Waals surface area contributed by atoms with Crippen molar-refractivity contribution in [2.45, 2.75) is 50.4 Å². The predicted molar refractivity (Wildman–Crippen MR) is 103 cm³/mol. The van der Waals surface area contributed by atoms with Crippen molar-refractivity contribution in [1.82, 2.24) is 24.4 Å². The molecule has 154 valence electrons. The molecule has 2 aromatic heterocycles. The molecule has 4 heterocycles. The molecule has 0 bridgehead atoms. The van der Waals surface area contributed by atoms with E-state index in [4.69, 9.17) is 25.7 Å². The lowest BCUT2D eigenvalue weighted by Crippen LogP contribution is -2.46. The number of rotatable bonds is 7. The van der Waals surface area contributed by atoms with Gasteiger partial charge in [-0.05, 0) is 46.8 Å². The molecule has 2 aromatic rings. The number of likely N-dealkylation sites (N-methyl/N-ethyl adjacent to an activating group) is 1. The Morgan fingerprint density at radius 2 is 2.11 bits per heavy atom. The highest BCUT2D eigenvalue weighted by Crippen LogP contribution is 2.47. The number of ether oxygens (including phenoxy) is 3. The van der Waals surface area contributed by atoms with Gasteiger partial charge < -0.3 is 30.6 Å². The number of unbranched alkanes of at least 4 members (excludes halogenated alkanes) is 1. The summed E-state index contributed by atoms with van der Waals surface area (Å²) in [5, 5.41) is 0. The summed E-state index contributed by atoms with van der Waals surface area (Å²) in [7, 11) is 2.08. The zero-order valence-corrected chi connectivity index (χ0v) is 16.7. The number of nitrogens with zero attached hydrogens (tertiary/aromatic N) is 5. The van der Waals surface area contributed by atoms with Crippen molar-refractivity contribution in [2.24, 2.45) is 5.73 Å². The van der Waals surface area contributed by atoms with Crippen molar-refractivity contribution in [1.29, 1.82) is 0 Å². The Labute approximate surface area is 164 Å². The summed E-state index contributed by atoms with van der Waals surface area (Å²) in [4.78, 5) is 15.1. The van der Waals surface area contributed by atoms with E-state index in [-0.39, 0.29) is 12.2 Å². The van der Waals surface area contributed by atoms with E-state index in [9.17, 15) is 0 Å². The molecule has 4 N–H and O–H groups in total. The summed E-state index contributed by atoms with van der Waals surface area (Å²) < 4.78 is 20.7. The van der Waals surface area contributed by atoms with Crippen LogP contribution in [-0.2, 0) is 19.9 Å². The SMILES string of the molecule is CN(CCCCN)CC1OCC2(n3cnc4c(N)ncnc43)OC(C)(C)OC12. The van der Waals surface area contributed by atoms with Crippen LogP contribution < -0.4 is 11.5 Å². The Bertz CT molecular complexity index is 842. The molecule has 0 aromatic carbocycles. The van der Waals surface area contributed by atoms with Crippen molar-refractivity contribution in [3.63, 3.8) is 0 Å². The molecule has 10 heteroatoms. The summed E-state index contributed by atoms with van der Waals surface area (Å²) in [6, 6.07) is 0. The van der Waals surface area contributed by atoms with Crippen LogP contribution in [0.2, 0.25) is 0 Å². The van der Waals surface area contributed by atoms with Gasteiger partial charge in [0.2, 0.25) is 5.72 Å². The van der Waals surface area contributed by atoms with Gasteiger partial charge in [-0.15, -0.1) is 0 Å². The van der Waals surface area contributed by atoms with Crippen molar-refractivity contribution in [2.75, 3.05) is 39.0 Å². The molecular formula is C18H29N7O3. The largest absolute Gasteiger partial charge is 0.382 e. The fraction of sp³-hybridized carbons (Fsp3) is 0.722. The van der Waals surface area contributed by atoms with Crippen molar-refractivity contribution < 1.29 is 14.2 Å². The lowest BCUT2D eigenvalue weighted by Gasteiger charge is -2.29. The third kappa shape index (κ3) is 3.25. The normalized spacial score (nSPS) is 29.0. The van der Waals surface area contributed by atoms with Gasteiger partial charge in [-0.25, -0.2) is 15.0 Å². The van der Waals surface area contributed by atoms with Crippen molar-refractivity contribution in [3.8, 4) is 0 Å². The summed E-state index contributed by atoms with van der Waals surface area (Å²) >= 11 is 0. The van der Waals surface area contributed by atoms with E-state index in [0.29, 0.717) is 30.1 Å². The molecule has 2 fully saturated rings. The molecule has 4 rings (SSSR count). The van der Waals surface area contributed by atoms with Crippen LogP contribution in [0.5, 0.6) is 0 Å². The molecule has 28 heavy (non-hydrogen) atoms. The number of aromatic nitrogens is 4.